The molecule has 2 aliphatic rings. The van der Waals surface area contributed by atoms with Crippen LogP contribution < -0.4 is 20.3 Å². The van der Waals surface area contributed by atoms with Gasteiger partial charge in [0, 0.05) is 37.4 Å². The van der Waals surface area contributed by atoms with Gasteiger partial charge in [0.1, 0.15) is 5.75 Å². The van der Waals surface area contributed by atoms with Crippen molar-refractivity contribution in [3.63, 3.8) is 0 Å². The van der Waals surface area contributed by atoms with Crippen LogP contribution in [0.5, 0.6) is 5.75 Å². The molecule has 0 amide bonds. The highest BCUT2D eigenvalue weighted by Gasteiger charge is 2.26. The number of nitrogens with one attached hydrogen (secondary N) is 2. The fraction of sp³-hybridized carbons (Fsp3) is 0.478. The van der Waals surface area contributed by atoms with E-state index in [0.717, 1.165) is 49.3 Å². The van der Waals surface area contributed by atoms with Crippen LogP contribution >= 0.6 is 0 Å². The van der Waals surface area contributed by atoms with Gasteiger partial charge < -0.3 is 20.3 Å². The summed E-state index contributed by atoms with van der Waals surface area (Å²) in [4.78, 5) is 10.9. The molecule has 0 radical (unpaired) electrons. The van der Waals surface area contributed by atoms with Crippen molar-refractivity contribution in [3.05, 3.63) is 54.0 Å². The molecule has 1 aliphatic carbocycles. The van der Waals surface area contributed by atoms with Gasteiger partial charge in [-0.1, -0.05) is 18.2 Å². The van der Waals surface area contributed by atoms with Gasteiger partial charge in [-0.2, -0.15) is 0 Å². The molecule has 1 saturated carbocycles. The van der Waals surface area contributed by atoms with Crippen LogP contribution in [0.2, 0.25) is 0 Å². The van der Waals surface area contributed by atoms with Crippen molar-refractivity contribution in [2.45, 2.75) is 38.8 Å². The maximum absolute atomic E-state index is 14.0. The lowest BCUT2D eigenvalue weighted by Gasteiger charge is -2.20. The smallest absolute Gasteiger partial charge is 0.191 e. The predicted molar refractivity (Wildman–Crippen MR) is 117 cm³/mol. The number of para-hydroxylation sites is 1. The zero-order valence-corrected chi connectivity index (χ0v) is 17.5. The number of benzene rings is 1. The minimum Gasteiger partial charge on any atom is -0.493 e. The number of ether oxygens (including phenoxy) is 1. The van der Waals surface area contributed by atoms with E-state index in [1.165, 1.54) is 18.9 Å². The molecule has 160 valence electrons. The molecule has 2 heterocycles. The highest BCUT2D eigenvalue weighted by atomic mass is 19.1. The van der Waals surface area contributed by atoms with Crippen molar-refractivity contribution < 1.29 is 9.13 Å². The summed E-state index contributed by atoms with van der Waals surface area (Å²) in [5.41, 5.74) is 1.08. The number of rotatable bonds is 8. The Morgan fingerprint density at radius 1 is 1.23 bits per heavy atom. The largest absolute Gasteiger partial charge is 0.493 e. The minimum absolute atomic E-state index is 0.186. The topological polar surface area (TPSA) is 61.8 Å². The van der Waals surface area contributed by atoms with Gasteiger partial charge in [0.25, 0.3) is 0 Å². The van der Waals surface area contributed by atoms with E-state index in [0.29, 0.717) is 18.9 Å². The second-order valence-corrected chi connectivity index (χ2v) is 7.94. The molecule has 1 aromatic heterocycles. The standard InChI is InChI=1S/C23H30FN5O/c1-2-25-23(27-14-18-6-3-4-8-21(18)30-16-17-9-10-17)28-19-11-13-29(15-19)22-20(24)7-5-12-26-22/h3-8,12,17,19H,2,9-11,13-16H2,1H3,(H2,25,27,28). The molecule has 2 N–H and O–H groups in total. The third-order valence-corrected chi connectivity index (χ3v) is 5.46. The Kier molecular flexibility index (Phi) is 6.67. The van der Waals surface area contributed by atoms with Gasteiger partial charge in [-0.3, -0.25) is 0 Å². The summed E-state index contributed by atoms with van der Waals surface area (Å²) >= 11 is 0. The lowest BCUT2D eigenvalue weighted by molar-refractivity contribution is 0.297. The average Bonchev–Trinajstić information content (AvgIpc) is 3.48. The van der Waals surface area contributed by atoms with Crippen LogP contribution in [0.1, 0.15) is 31.7 Å². The molecular formula is C23H30FN5O. The number of nitrogens with zero attached hydrogens (tertiary/aromatic N) is 3. The Bertz CT molecular complexity index is 870. The van der Waals surface area contributed by atoms with E-state index in [-0.39, 0.29) is 11.9 Å². The summed E-state index contributed by atoms with van der Waals surface area (Å²) in [7, 11) is 0. The highest BCUT2D eigenvalue weighted by Crippen LogP contribution is 2.30. The molecule has 0 bridgehead atoms. The Labute approximate surface area is 177 Å². The van der Waals surface area contributed by atoms with Crippen molar-refractivity contribution in [2.75, 3.05) is 31.1 Å². The monoisotopic (exact) mass is 411 g/mol. The van der Waals surface area contributed by atoms with Crippen molar-refractivity contribution in [2.24, 2.45) is 10.9 Å². The first-order valence-electron chi connectivity index (χ1n) is 10.8. The van der Waals surface area contributed by atoms with E-state index < -0.39 is 0 Å². The van der Waals surface area contributed by atoms with Crippen LogP contribution in [0.25, 0.3) is 0 Å². The lowest BCUT2D eigenvalue weighted by Crippen LogP contribution is -2.44. The van der Waals surface area contributed by atoms with Crippen LogP contribution in [0.3, 0.4) is 0 Å². The van der Waals surface area contributed by atoms with E-state index in [9.17, 15) is 4.39 Å². The molecule has 2 fully saturated rings. The van der Waals surface area contributed by atoms with Crippen molar-refractivity contribution in [1.29, 1.82) is 0 Å². The number of aromatic nitrogens is 1. The number of hydrogen-bond acceptors (Lipinski definition) is 4. The third kappa shape index (κ3) is 5.40. The molecule has 1 unspecified atom stereocenters. The van der Waals surface area contributed by atoms with Gasteiger partial charge in [-0.05, 0) is 50.3 Å². The zero-order chi connectivity index (χ0) is 20.8. The Hall–Kier alpha value is -2.83. The Balaban J connectivity index is 1.37. The SMILES string of the molecule is CCNC(=NCc1ccccc1OCC1CC1)NC1CCN(c2ncccc2F)C1. The summed E-state index contributed by atoms with van der Waals surface area (Å²) < 4.78 is 20.0. The average molecular weight is 412 g/mol. The second kappa shape index (κ2) is 9.78. The first-order valence-corrected chi connectivity index (χ1v) is 10.8. The van der Waals surface area contributed by atoms with E-state index in [1.54, 1.807) is 12.3 Å². The van der Waals surface area contributed by atoms with Gasteiger partial charge >= 0.3 is 0 Å². The number of anilines is 1. The summed E-state index contributed by atoms with van der Waals surface area (Å²) in [6.07, 6.45) is 5.08. The Morgan fingerprint density at radius 3 is 2.90 bits per heavy atom. The molecule has 1 saturated heterocycles. The molecule has 7 heteroatoms. The molecular weight excluding hydrogens is 381 g/mol. The van der Waals surface area contributed by atoms with Crippen LogP contribution in [-0.2, 0) is 6.54 Å². The lowest BCUT2D eigenvalue weighted by atomic mass is 10.2. The molecule has 2 aromatic rings. The first-order chi connectivity index (χ1) is 14.7. The molecule has 30 heavy (non-hydrogen) atoms. The van der Waals surface area contributed by atoms with Gasteiger partial charge in [0.05, 0.1) is 13.2 Å². The van der Waals surface area contributed by atoms with Crippen LogP contribution in [0.15, 0.2) is 47.6 Å². The number of hydrogen-bond donors (Lipinski definition) is 2. The Morgan fingerprint density at radius 2 is 2.10 bits per heavy atom. The minimum atomic E-state index is -0.276. The maximum Gasteiger partial charge on any atom is 0.191 e. The fourth-order valence-electron chi connectivity index (χ4n) is 3.63. The molecule has 1 atom stereocenters. The number of aliphatic imine (C=N–C) groups is 1. The first kappa shape index (κ1) is 20.4. The van der Waals surface area contributed by atoms with Crippen molar-refractivity contribution in [3.8, 4) is 5.75 Å². The number of guanidine groups is 1. The van der Waals surface area contributed by atoms with Crippen LogP contribution in [-0.4, -0.2) is 43.2 Å². The fourth-order valence-corrected chi connectivity index (χ4v) is 3.63. The van der Waals surface area contributed by atoms with E-state index >= 15 is 0 Å². The summed E-state index contributed by atoms with van der Waals surface area (Å²) in [6.45, 7) is 5.62. The normalized spacial score (nSPS) is 19.1. The summed E-state index contributed by atoms with van der Waals surface area (Å²) in [5, 5.41) is 6.81. The van der Waals surface area contributed by atoms with Gasteiger partial charge in [0.15, 0.2) is 17.6 Å². The van der Waals surface area contributed by atoms with Crippen molar-refractivity contribution in [1.82, 2.24) is 15.6 Å². The highest BCUT2D eigenvalue weighted by molar-refractivity contribution is 5.80. The van der Waals surface area contributed by atoms with Crippen LogP contribution in [0.4, 0.5) is 10.2 Å². The van der Waals surface area contributed by atoms with Gasteiger partial charge in [0.2, 0.25) is 0 Å². The van der Waals surface area contributed by atoms with Crippen molar-refractivity contribution >= 4 is 11.8 Å². The van der Waals surface area contributed by atoms with Gasteiger partial charge in [-0.25, -0.2) is 14.4 Å². The summed E-state index contributed by atoms with van der Waals surface area (Å²) in [6, 6.07) is 11.4. The van der Waals surface area contributed by atoms with Gasteiger partial charge in [-0.15, -0.1) is 0 Å². The molecule has 4 rings (SSSR count). The van der Waals surface area contributed by atoms with Crippen LogP contribution in [0, 0.1) is 11.7 Å². The molecule has 6 nitrogen and oxygen atoms in total. The molecule has 1 aliphatic heterocycles. The van der Waals surface area contributed by atoms with E-state index in [1.807, 2.05) is 30.0 Å². The molecule has 0 spiro atoms. The zero-order valence-electron chi connectivity index (χ0n) is 17.5. The van der Waals surface area contributed by atoms with E-state index in [2.05, 4.69) is 21.7 Å². The summed E-state index contributed by atoms with van der Waals surface area (Å²) in [5.74, 6) is 2.55. The number of halogens is 1. The third-order valence-electron chi connectivity index (χ3n) is 5.46. The number of pyridine rings is 1. The maximum atomic E-state index is 14.0. The quantitative estimate of drug-likeness (QED) is 0.515. The van der Waals surface area contributed by atoms with E-state index in [4.69, 9.17) is 9.73 Å². The predicted octanol–water partition coefficient (Wildman–Crippen LogP) is 3.34. The second-order valence-electron chi connectivity index (χ2n) is 7.94. The molecule has 1 aromatic carbocycles.